The van der Waals surface area contributed by atoms with Gasteiger partial charge in [0.25, 0.3) is 0 Å². The number of hydrogen-bond donors (Lipinski definition) is 0. The average Bonchev–Trinajstić information content (AvgIpc) is 2.43. The number of carbonyl (C=O) groups is 2. The maximum absolute atomic E-state index is 12.3. The largest absolute Gasteiger partial charge is 0.339 e. The first-order valence-corrected chi connectivity index (χ1v) is 7.07. The molecular formula is C16H22N2O2. The van der Waals surface area contributed by atoms with Gasteiger partial charge < -0.3 is 9.80 Å². The van der Waals surface area contributed by atoms with Gasteiger partial charge in [-0.05, 0) is 30.5 Å². The average molecular weight is 274 g/mol. The molecule has 0 spiro atoms. The van der Waals surface area contributed by atoms with E-state index in [-0.39, 0.29) is 11.8 Å². The maximum Gasteiger partial charge on any atom is 0.227 e. The summed E-state index contributed by atoms with van der Waals surface area (Å²) < 4.78 is 0. The van der Waals surface area contributed by atoms with Gasteiger partial charge in [-0.3, -0.25) is 9.59 Å². The van der Waals surface area contributed by atoms with Crippen molar-refractivity contribution in [3.05, 3.63) is 34.9 Å². The molecule has 1 saturated heterocycles. The van der Waals surface area contributed by atoms with E-state index in [0.717, 1.165) is 5.56 Å². The Hall–Kier alpha value is -1.84. The molecule has 0 aromatic heterocycles. The summed E-state index contributed by atoms with van der Waals surface area (Å²) in [6.07, 6.45) is 0.446. The molecule has 1 aromatic rings. The van der Waals surface area contributed by atoms with Crippen molar-refractivity contribution in [1.29, 1.82) is 0 Å². The van der Waals surface area contributed by atoms with Crippen LogP contribution in [-0.4, -0.2) is 47.8 Å². The number of carbonyl (C=O) groups excluding carboxylic acids is 2. The highest BCUT2D eigenvalue weighted by molar-refractivity contribution is 5.79. The summed E-state index contributed by atoms with van der Waals surface area (Å²) in [5, 5.41) is 0. The van der Waals surface area contributed by atoms with E-state index in [1.54, 1.807) is 11.8 Å². The van der Waals surface area contributed by atoms with Crippen molar-refractivity contribution in [3.63, 3.8) is 0 Å². The number of benzene rings is 1. The minimum atomic E-state index is 0.0891. The first-order valence-electron chi connectivity index (χ1n) is 7.07. The van der Waals surface area contributed by atoms with E-state index in [2.05, 4.69) is 26.0 Å². The van der Waals surface area contributed by atoms with Crippen LogP contribution < -0.4 is 0 Å². The molecule has 108 valence electrons. The molecule has 0 saturated carbocycles. The SMILES string of the molecule is CC(=O)N1CCN(C(=O)Cc2ccc(C)c(C)c2)CC1. The van der Waals surface area contributed by atoms with Crippen molar-refractivity contribution in [1.82, 2.24) is 9.80 Å². The van der Waals surface area contributed by atoms with Gasteiger partial charge >= 0.3 is 0 Å². The van der Waals surface area contributed by atoms with Crippen LogP contribution in [0, 0.1) is 13.8 Å². The molecule has 2 rings (SSSR count). The molecule has 4 heteroatoms. The summed E-state index contributed by atoms with van der Waals surface area (Å²) in [7, 11) is 0. The van der Waals surface area contributed by atoms with Crippen molar-refractivity contribution < 1.29 is 9.59 Å². The molecule has 20 heavy (non-hydrogen) atoms. The number of hydrogen-bond acceptors (Lipinski definition) is 2. The lowest BCUT2D eigenvalue weighted by Crippen LogP contribution is -2.50. The molecule has 1 aliphatic heterocycles. The molecule has 0 aliphatic carbocycles. The first kappa shape index (κ1) is 14.6. The third kappa shape index (κ3) is 3.38. The third-order valence-corrected chi connectivity index (χ3v) is 4.00. The fraction of sp³-hybridized carbons (Fsp3) is 0.500. The van der Waals surface area contributed by atoms with Crippen LogP contribution in [0.2, 0.25) is 0 Å². The highest BCUT2D eigenvalue weighted by Gasteiger charge is 2.22. The Kier molecular flexibility index (Phi) is 4.42. The van der Waals surface area contributed by atoms with Crippen LogP contribution in [0.1, 0.15) is 23.6 Å². The van der Waals surface area contributed by atoms with Crippen LogP contribution in [0.15, 0.2) is 18.2 Å². The van der Waals surface area contributed by atoms with E-state index in [1.807, 2.05) is 11.0 Å². The van der Waals surface area contributed by atoms with Gasteiger partial charge in [-0.1, -0.05) is 18.2 Å². The quantitative estimate of drug-likeness (QED) is 0.820. The molecule has 1 heterocycles. The maximum atomic E-state index is 12.3. The molecular weight excluding hydrogens is 252 g/mol. The van der Waals surface area contributed by atoms with E-state index in [4.69, 9.17) is 0 Å². The highest BCUT2D eigenvalue weighted by Crippen LogP contribution is 2.12. The molecule has 0 radical (unpaired) electrons. The van der Waals surface area contributed by atoms with Crippen LogP contribution in [0.4, 0.5) is 0 Å². The second-order valence-corrected chi connectivity index (χ2v) is 5.48. The fourth-order valence-electron chi connectivity index (χ4n) is 2.47. The summed E-state index contributed by atoms with van der Waals surface area (Å²) in [6.45, 7) is 8.29. The van der Waals surface area contributed by atoms with Gasteiger partial charge in [0.2, 0.25) is 11.8 Å². The lowest BCUT2D eigenvalue weighted by molar-refractivity contribution is -0.138. The zero-order valence-corrected chi connectivity index (χ0v) is 12.5. The lowest BCUT2D eigenvalue weighted by atomic mass is 10.0. The van der Waals surface area contributed by atoms with Crippen molar-refractivity contribution in [2.75, 3.05) is 26.2 Å². The summed E-state index contributed by atoms with van der Waals surface area (Å²) in [5.41, 5.74) is 3.53. The summed E-state index contributed by atoms with van der Waals surface area (Å²) >= 11 is 0. The zero-order valence-electron chi connectivity index (χ0n) is 12.5. The molecule has 0 bridgehead atoms. The second kappa shape index (κ2) is 6.07. The number of amides is 2. The smallest absolute Gasteiger partial charge is 0.227 e. The van der Waals surface area contributed by atoms with Gasteiger partial charge in [-0.2, -0.15) is 0 Å². The Labute approximate surface area is 120 Å². The van der Waals surface area contributed by atoms with Gasteiger partial charge in [-0.15, -0.1) is 0 Å². The van der Waals surface area contributed by atoms with Crippen LogP contribution in [-0.2, 0) is 16.0 Å². The van der Waals surface area contributed by atoms with E-state index in [1.165, 1.54) is 11.1 Å². The predicted octanol–water partition coefficient (Wildman–Crippen LogP) is 1.54. The van der Waals surface area contributed by atoms with Crippen molar-refractivity contribution >= 4 is 11.8 Å². The summed E-state index contributed by atoms with van der Waals surface area (Å²) in [4.78, 5) is 27.2. The van der Waals surface area contributed by atoms with E-state index >= 15 is 0 Å². The fourth-order valence-corrected chi connectivity index (χ4v) is 2.47. The van der Waals surface area contributed by atoms with Gasteiger partial charge in [0.15, 0.2) is 0 Å². The molecule has 1 aromatic carbocycles. The Morgan fingerprint density at radius 1 is 1.00 bits per heavy atom. The van der Waals surface area contributed by atoms with Crippen LogP contribution in [0.5, 0.6) is 0 Å². The highest BCUT2D eigenvalue weighted by atomic mass is 16.2. The Balaban J connectivity index is 1.92. The number of nitrogens with zero attached hydrogens (tertiary/aromatic N) is 2. The minimum Gasteiger partial charge on any atom is -0.339 e. The van der Waals surface area contributed by atoms with E-state index in [0.29, 0.717) is 32.6 Å². The number of rotatable bonds is 2. The Morgan fingerprint density at radius 2 is 1.60 bits per heavy atom. The topological polar surface area (TPSA) is 40.6 Å². The molecule has 0 atom stereocenters. The van der Waals surface area contributed by atoms with Gasteiger partial charge in [-0.25, -0.2) is 0 Å². The van der Waals surface area contributed by atoms with Crippen LogP contribution >= 0.6 is 0 Å². The standard InChI is InChI=1S/C16H22N2O2/c1-12-4-5-15(10-13(12)2)11-16(20)18-8-6-17(7-9-18)14(3)19/h4-5,10H,6-9,11H2,1-3H3. The monoisotopic (exact) mass is 274 g/mol. The second-order valence-electron chi connectivity index (χ2n) is 5.48. The first-order chi connectivity index (χ1) is 9.47. The molecule has 4 nitrogen and oxygen atoms in total. The van der Waals surface area contributed by atoms with Gasteiger partial charge in [0.1, 0.15) is 0 Å². The van der Waals surface area contributed by atoms with Crippen molar-refractivity contribution in [2.45, 2.75) is 27.2 Å². The van der Waals surface area contributed by atoms with Crippen molar-refractivity contribution in [2.24, 2.45) is 0 Å². The molecule has 0 N–H and O–H groups in total. The summed E-state index contributed by atoms with van der Waals surface area (Å²) in [6, 6.07) is 6.16. The van der Waals surface area contributed by atoms with Gasteiger partial charge in [0.05, 0.1) is 6.42 Å². The lowest BCUT2D eigenvalue weighted by Gasteiger charge is -2.34. The number of piperazine rings is 1. The summed E-state index contributed by atoms with van der Waals surface area (Å²) in [5.74, 6) is 0.239. The zero-order chi connectivity index (χ0) is 14.7. The van der Waals surface area contributed by atoms with Crippen LogP contribution in [0.3, 0.4) is 0 Å². The molecule has 0 unspecified atom stereocenters. The normalized spacial score (nSPS) is 15.3. The molecule has 2 amide bonds. The van der Waals surface area contributed by atoms with E-state index < -0.39 is 0 Å². The van der Waals surface area contributed by atoms with Crippen molar-refractivity contribution in [3.8, 4) is 0 Å². The van der Waals surface area contributed by atoms with Gasteiger partial charge in [0, 0.05) is 33.1 Å². The van der Waals surface area contributed by atoms with Crippen LogP contribution in [0.25, 0.3) is 0 Å². The predicted molar refractivity (Wildman–Crippen MR) is 78.5 cm³/mol. The minimum absolute atomic E-state index is 0.0891. The third-order valence-electron chi connectivity index (χ3n) is 4.00. The Bertz CT molecular complexity index is 517. The number of aryl methyl sites for hydroxylation is 2. The van der Waals surface area contributed by atoms with E-state index in [9.17, 15) is 9.59 Å². The molecule has 1 aliphatic rings. The Morgan fingerprint density at radius 3 is 2.15 bits per heavy atom. The molecule has 1 fully saturated rings.